The van der Waals surface area contributed by atoms with Crippen LogP contribution in [0.5, 0.6) is 0 Å². The Morgan fingerprint density at radius 3 is 1.37 bits per heavy atom. The number of H-pyrrole nitrogens is 4. The molecule has 95 heavy (non-hydrogen) atoms. The van der Waals surface area contributed by atoms with Gasteiger partial charge in [-0.05, 0) is 179 Å². The Balaban J connectivity index is 0.972. The van der Waals surface area contributed by atoms with Gasteiger partial charge in [0.1, 0.15) is 0 Å². The van der Waals surface area contributed by atoms with E-state index >= 15 is 4.79 Å². The molecule has 0 fully saturated rings. The number of aryl methyl sites for hydroxylation is 4. The number of carbonyl (C=O) groups excluding carboxylic acids is 7. The summed E-state index contributed by atoms with van der Waals surface area (Å²) in [4.78, 5) is 137. The van der Waals surface area contributed by atoms with Crippen molar-refractivity contribution in [3.63, 3.8) is 0 Å². The molecule has 8 aromatic rings. The minimum atomic E-state index is -0.514. The molecule has 472 valence electrons. The number of amides is 1. The monoisotopic (exact) mass is 1260 g/mol. The number of hydrogen-bond donors (Lipinski definition) is 4. The van der Waals surface area contributed by atoms with E-state index in [0.29, 0.717) is 103 Å². The van der Waals surface area contributed by atoms with E-state index in [0.717, 1.165) is 89.0 Å². The molecular formula is C77H65N9O9. The first-order valence-electron chi connectivity index (χ1n) is 31.8. The predicted molar refractivity (Wildman–Crippen MR) is 365 cm³/mol. The van der Waals surface area contributed by atoms with Gasteiger partial charge in [-0.1, -0.05) is 36.4 Å². The number of fused-ring (bicyclic) bond motifs is 18. The Labute approximate surface area is 545 Å². The Morgan fingerprint density at radius 1 is 0.474 bits per heavy atom. The lowest BCUT2D eigenvalue weighted by Crippen LogP contribution is -2.33. The second kappa shape index (κ2) is 22.5. The van der Waals surface area contributed by atoms with Crippen molar-refractivity contribution < 1.29 is 43.0 Å². The fourth-order valence-corrected chi connectivity index (χ4v) is 14.8. The zero-order valence-corrected chi connectivity index (χ0v) is 54.2. The van der Waals surface area contributed by atoms with Crippen LogP contribution in [0.15, 0.2) is 78.9 Å². The van der Waals surface area contributed by atoms with E-state index in [9.17, 15) is 28.8 Å². The number of carbonyl (C=O) groups is 7. The zero-order chi connectivity index (χ0) is 66.3. The number of ketones is 4. The molecule has 0 radical (unpaired) electrons. The average Bonchev–Trinajstić information content (AvgIpc) is 1.32. The van der Waals surface area contributed by atoms with Gasteiger partial charge in [0.25, 0.3) is 5.91 Å². The number of aromatic amines is 4. The van der Waals surface area contributed by atoms with Crippen LogP contribution in [-0.4, -0.2) is 100.0 Å². The highest BCUT2D eigenvalue weighted by Crippen LogP contribution is 2.44. The molecule has 10 heterocycles. The summed E-state index contributed by atoms with van der Waals surface area (Å²) in [5.41, 5.74) is 23.6. The zero-order valence-electron chi connectivity index (χ0n) is 54.2. The quantitative estimate of drug-likeness (QED) is 0.0880. The summed E-state index contributed by atoms with van der Waals surface area (Å²) in [6, 6.07) is 23.3. The van der Waals surface area contributed by atoms with E-state index in [2.05, 4.69) is 19.9 Å². The normalized spacial score (nSPS) is 14.4. The van der Waals surface area contributed by atoms with Crippen LogP contribution in [0.2, 0.25) is 0 Å². The highest BCUT2D eigenvalue weighted by molar-refractivity contribution is 6.31. The summed E-state index contributed by atoms with van der Waals surface area (Å²) < 4.78 is 10.2. The van der Waals surface area contributed by atoms with Crippen molar-refractivity contribution in [2.75, 3.05) is 14.2 Å². The lowest BCUT2D eigenvalue weighted by atomic mass is 9.81. The molecule has 0 saturated heterocycles. The summed E-state index contributed by atoms with van der Waals surface area (Å²) in [5.74, 6) is -2.13. The Hall–Kier alpha value is -11.3. The maximum absolute atomic E-state index is 16.5. The molecule has 0 saturated carbocycles. The molecule has 0 spiro atoms. The number of nitrogens with one attached hydrogen (secondary N) is 4. The third kappa shape index (κ3) is 9.70. The average molecular weight is 1260 g/mol. The van der Waals surface area contributed by atoms with Crippen molar-refractivity contribution in [3.8, 4) is 0 Å². The maximum Gasteiger partial charge on any atom is 0.305 e. The van der Waals surface area contributed by atoms with Crippen molar-refractivity contribution in [2.45, 2.75) is 107 Å². The molecule has 0 unspecified atom stereocenters. The standard InChI is InChI=1S/C77H65N9O9/c1-34-22-42-24-56-40(7)68-64(87)26-50(73(68)84-56)71-44(18-20-66(89)94-9)36(3)60(82-71)30-58-38(5)52(62(80-58)28-54(34)78-42)32-86(77(93)49-17-13-16-48-70(49)76(92)47-15-12-11-14-46(47)75(48)91)33-53-39(6)59-31-61-37(4)45(19-21-67(90)95-10)72(83-61)51-27-65(88)69-41(8)57(85-74(51)69)25-43-23-35(2)55(79-43)29-63(53)81-59/h11-17,22-25,28-31,80-81,84-85H,18-21,26-27,32-33H2,1-10H3. The second-order valence-electron chi connectivity index (χ2n) is 25.6. The Bertz CT molecular complexity index is 5210. The van der Waals surface area contributed by atoms with Crippen LogP contribution >= 0.6 is 0 Å². The minimum absolute atomic E-state index is 0.0181. The molecule has 6 aromatic heterocycles. The maximum atomic E-state index is 16.5. The smallest absolute Gasteiger partial charge is 0.305 e. The topological polar surface area (TPSA) is 256 Å². The number of nitrogens with zero attached hydrogens (tertiary/aromatic N) is 5. The van der Waals surface area contributed by atoms with E-state index in [1.165, 1.54) is 14.2 Å². The fraction of sp³-hybridized carbons (Fsp3) is 0.234. The molecule has 16 bridgehead atoms. The van der Waals surface area contributed by atoms with E-state index in [1.807, 2.05) is 104 Å². The third-order valence-corrected chi connectivity index (χ3v) is 20.1. The summed E-state index contributed by atoms with van der Waals surface area (Å²) in [6.45, 7) is 15.7. The summed E-state index contributed by atoms with van der Waals surface area (Å²) in [7, 11) is 2.72. The molecule has 2 aromatic carbocycles. The lowest BCUT2D eigenvalue weighted by Gasteiger charge is -2.26. The van der Waals surface area contributed by atoms with Crippen LogP contribution in [0.4, 0.5) is 0 Å². The SMILES string of the molecule is COC(=O)CCC1=C(C)c2cc3[nH]c(cc4nc(cc5[nH]c6c(c1n2)CC(=O)c6c5C)C=C4C)c(CN(Cc1c(C)c2cc4nc(c5c6[nH]c(cc7nc(cc1[nH]2)C(C)=C7)c(C)c6C(=O)C5)C(CCC(=O)OC)=C4C)C(=O)c1cccc2c1C(=O)c1ccccc1C2=O)c3C. The van der Waals surface area contributed by atoms with Gasteiger partial charge in [0.05, 0.1) is 76.4 Å². The van der Waals surface area contributed by atoms with Crippen LogP contribution < -0.4 is 0 Å². The molecule has 3 aliphatic carbocycles. The van der Waals surface area contributed by atoms with E-state index in [4.69, 9.17) is 29.4 Å². The molecule has 1 amide bonds. The predicted octanol–water partition coefficient (Wildman–Crippen LogP) is 14.2. The van der Waals surface area contributed by atoms with E-state index < -0.39 is 11.7 Å². The fourth-order valence-electron chi connectivity index (χ4n) is 14.8. The van der Waals surface area contributed by atoms with Crippen molar-refractivity contribution in [3.05, 3.63) is 208 Å². The number of esters is 2. The van der Waals surface area contributed by atoms with Gasteiger partial charge in [-0.3, -0.25) is 33.6 Å². The van der Waals surface area contributed by atoms with E-state index in [1.54, 1.807) is 47.4 Å². The van der Waals surface area contributed by atoms with Crippen molar-refractivity contribution >= 4 is 131 Å². The number of allylic oxidation sites excluding steroid dienone is 6. The first-order chi connectivity index (χ1) is 45.7. The van der Waals surface area contributed by atoms with Crippen LogP contribution in [-0.2, 0) is 45.0 Å². The summed E-state index contributed by atoms with van der Waals surface area (Å²) in [5, 5.41) is 0. The van der Waals surface area contributed by atoms with Crippen LogP contribution in [0, 0.1) is 27.7 Å². The Morgan fingerprint density at radius 2 is 0.905 bits per heavy atom. The first-order valence-corrected chi connectivity index (χ1v) is 31.8. The number of ether oxygens (including phenoxy) is 2. The van der Waals surface area contributed by atoms with E-state index in [-0.39, 0.29) is 95.9 Å². The molecule has 18 nitrogen and oxygen atoms in total. The number of rotatable bonds is 11. The first kappa shape index (κ1) is 60.0. The van der Waals surface area contributed by atoms with Gasteiger partial charge in [-0.25, -0.2) is 19.9 Å². The van der Waals surface area contributed by atoms with Crippen molar-refractivity contribution in [2.24, 2.45) is 0 Å². The van der Waals surface area contributed by atoms with Gasteiger partial charge < -0.3 is 34.3 Å². The molecule has 4 N–H and O–H groups in total. The van der Waals surface area contributed by atoms with Gasteiger partial charge in [0.2, 0.25) is 0 Å². The van der Waals surface area contributed by atoms with Gasteiger partial charge in [-0.2, -0.15) is 0 Å². The molecule has 7 aliphatic rings. The van der Waals surface area contributed by atoms with Crippen LogP contribution in [0.25, 0.3) is 89.7 Å². The van der Waals surface area contributed by atoms with Crippen molar-refractivity contribution in [1.82, 2.24) is 44.8 Å². The number of hydrogen-bond acceptors (Lipinski definition) is 13. The van der Waals surface area contributed by atoms with Crippen molar-refractivity contribution in [1.29, 1.82) is 0 Å². The van der Waals surface area contributed by atoms with Gasteiger partial charge >= 0.3 is 11.9 Å². The molecule has 15 rings (SSSR count). The number of methoxy groups -OCH3 is 2. The van der Waals surface area contributed by atoms with Crippen LogP contribution in [0.3, 0.4) is 0 Å². The van der Waals surface area contributed by atoms with Gasteiger partial charge in [0.15, 0.2) is 23.1 Å². The molecule has 0 atom stereocenters. The third-order valence-electron chi connectivity index (χ3n) is 20.1. The van der Waals surface area contributed by atoms with Gasteiger partial charge in [0, 0.05) is 128 Å². The highest BCUT2D eigenvalue weighted by Gasteiger charge is 2.37. The lowest BCUT2D eigenvalue weighted by molar-refractivity contribution is -0.141. The molecule has 18 heteroatoms. The Kier molecular flexibility index (Phi) is 14.2. The number of benzene rings is 2. The number of aromatic nitrogens is 8. The second-order valence-corrected chi connectivity index (χ2v) is 25.6. The van der Waals surface area contributed by atoms with Gasteiger partial charge in [-0.15, -0.1) is 0 Å². The van der Waals surface area contributed by atoms with Crippen LogP contribution in [0.1, 0.15) is 206 Å². The minimum Gasteiger partial charge on any atom is -0.469 e. The molecular weight excluding hydrogens is 1190 g/mol. The highest BCUT2D eigenvalue weighted by atomic mass is 16.5. The summed E-state index contributed by atoms with van der Waals surface area (Å²) >= 11 is 0. The molecule has 4 aliphatic heterocycles. The summed E-state index contributed by atoms with van der Waals surface area (Å²) in [6.07, 6.45) is 5.03. The largest absolute Gasteiger partial charge is 0.469 e. The number of Topliss-reactive ketones (excluding diaryl/α,β-unsaturated/α-hetero) is 2.